The second-order valence-electron chi connectivity index (χ2n) is 3.64. The van der Waals surface area contributed by atoms with Gasteiger partial charge in [0.1, 0.15) is 0 Å². The van der Waals surface area contributed by atoms with Crippen LogP contribution in [0.4, 0.5) is 5.82 Å². The number of hydrogen-bond acceptors (Lipinski definition) is 6. The molecule has 0 aromatic carbocycles. The first-order chi connectivity index (χ1) is 8.56. The predicted octanol–water partition coefficient (Wildman–Crippen LogP) is 0.564. The van der Waals surface area contributed by atoms with Gasteiger partial charge < -0.3 is 14.7 Å². The van der Waals surface area contributed by atoms with E-state index in [1.807, 2.05) is 0 Å². The van der Waals surface area contributed by atoms with Crippen LogP contribution in [0.5, 0.6) is 0 Å². The molecule has 0 spiro atoms. The Bertz CT molecular complexity index is 436. The van der Waals surface area contributed by atoms with Crippen LogP contribution in [-0.2, 0) is 9.53 Å². The molecule has 1 rings (SSSR count). The van der Waals surface area contributed by atoms with Crippen LogP contribution < -0.4 is 4.90 Å². The maximum absolute atomic E-state index is 11.5. The van der Waals surface area contributed by atoms with Gasteiger partial charge in [0.15, 0.2) is 11.5 Å². The number of ether oxygens (including phenoxy) is 1. The predicted molar refractivity (Wildman–Crippen MR) is 63.5 cm³/mol. The minimum absolute atomic E-state index is 0.0676. The van der Waals surface area contributed by atoms with Crippen molar-refractivity contribution in [3.63, 3.8) is 0 Å². The van der Waals surface area contributed by atoms with Gasteiger partial charge in [-0.3, -0.25) is 4.79 Å². The number of aromatic nitrogens is 2. The normalized spacial score (nSPS) is 9.89. The van der Waals surface area contributed by atoms with Crippen molar-refractivity contribution >= 4 is 17.8 Å². The van der Waals surface area contributed by atoms with Gasteiger partial charge in [-0.1, -0.05) is 0 Å². The second-order valence-corrected chi connectivity index (χ2v) is 3.64. The molecule has 0 amide bonds. The van der Waals surface area contributed by atoms with E-state index in [1.54, 1.807) is 11.9 Å². The average Bonchev–Trinajstić information content (AvgIpc) is 2.37. The molecule has 18 heavy (non-hydrogen) atoms. The van der Waals surface area contributed by atoms with Crippen LogP contribution in [-0.4, -0.2) is 47.7 Å². The first kappa shape index (κ1) is 13.9. The second kappa shape index (κ2) is 6.53. The van der Waals surface area contributed by atoms with E-state index in [0.29, 0.717) is 18.8 Å². The first-order valence-corrected chi connectivity index (χ1v) is 5.38. The van der Waals surface area contributed by atoms with Crippen molar-refractivity contribution in [1.82, 2.24) is 9.97 Å². The fraction of sp³-hybridized carbons (Fsp3) is 0.455. The van der Waals surface area contributed by atoms with Crippen LogP contribution in [0.3, 0.4) is 0 Å². The van der Waals surface area contributed by atoms with Gasteiger partial charge in [0.05, 0.1) is 7.11 Å². The molecule has 0 radical (unpaired) electrons. The molecule has 0 bridgehead atoms. The lowest BCUT2D eigenvalue weighted by Crippen LogP contribution is -2.24. The summed E-state index contributed by atoms with van der Waals surface area (Å²) in [4.78, 5) is 31.6. The van der Waals surface area contributed by atoms with Gasteiger partial charge in [-0.05, 0) is 6.42 Å². The van der Waals surface area contributed by atoms with Gasteiger partial charge in [0, 0.05) is 32.4 Å². The van der Waals surface area contributed by atoms with E-state index in [0.717, 1.165) is 0 Å². The Kier molecular flexibility index (Phi) is 5.04. The van der Waals surface area contributed by atoms with Gasteiger partial charge in [0.25, 0.3) is 0 Å². The summed E-state index contributed by atoms with van der Waals surface area (Å²) in [5.74, 6) is -1.03. The summed E-state index contributed by atoms with van der Waals surface area (Å²) < 4.78 is 4.61. The maximum Gasteiger partial charge on any atom is 0.360 e. The molecule has 0 saturated carbocycles. The Hall–Kier alpha value is -2.18. The van der Waals surface area contributed by atoms with Gasteiger partial charge in [0.2, 0.25) is 0 Å². The van der Waals surface area contributed by atoms with Crippen molar-refractivity contribution in [1.29, 1.82) is 0 Å². The molecule has 0 saturated heterocycles. The lowest BCUT2D eigenvalue weighted by molar-refractivity contribution is -0.137. The van der Waals surface area contributed by atoms with E-state index in [2.05, 4.69) is 14.7 Å². The van der Waals surface area contributed by atoms with E-state index in [-0.39, 0.29) is 12.1 Å². The van der Waals surface area contributed by atoms with Crippen LogP contribution in [0.15, 0.2) is 12.4 Å². The Morgan fingerprint density at radius 3 is 2.67 bits per heavy atom. The standard InChI is InChI=1S/C11H15N3O4/c1-14(7-3-4-8(15)16)10-9(11(17)18-2)12-5-6-13-10/h5-6H,3-4,7H2,1-2H3,(H,15,16). The van der Waals surface area contributed by atoms with Crippen LogP contribution >= 0.6 is 0 Å². The molecule has 0 unspecified atom stereocenters. The fourth-order valence-electron chi connectivity index (χ4n) is 1.42. The van der Waals surface area contributed by atoms with Crippen LogP contribution in [0.1, 0.15) is 23.3 Å². The monoisotopic (exact) mass is 253 g/mol. The minimum atomic E-state index is -0.851. The largest absolute Gasteiger partial charge is 0.481 e. The molecule has 1 heterocycles. The number of rotatable bonds is 6. The summed E-state index contributed by atoms with van der Waals surface area (Å²) >= 11 is 0. The fourth-order valence-corrected chi connectivity index (χ4v) is 1.42. The molecule has 0 atom stereocenters. The SMILES string of the molecule is COC(=O)c1nccnc1N(C)CCCC(=O)O. The lowest BCUT2D eigenvalue weighted by Gasteiger charge is -2.18. The third kappa shape index (κ3) is 3.69. The Balaban J connectivity index is 2.75. The summed E-state index contributed by atoms with van der Waals surface area (Å²) in [5.41, 5.74) is 0.123. The van der Waals surface area contributed by atoms with Gasteiger partial charge in [-0.15, -0.1) is 0 Å². The maximum atomic E-state index is 11.5. The number of hydrogen-bond donors (Lipinski definition) is 1. The third-order valence-corrected chi connectivity index (χ3v) is 2.30. The molecular weight excluding hydrogens is 238 g/mol. The van der Waals surface area contributed by atoms with Crippen molar-refractivity contribution < 1.29 is 19.4 Å². The van der Waals surface area contributed by atoms with E-state index in [4.69, 9.17) is 5.11 Å². The summed E-state index contributed by atoms with van der Waals surface area (Å²) in [5, 5.41) is 8.56. The third-order valence-electron chi connectivity index (χ3n) is 2.30. The van der Waals surface area contributed by atoms with Crippen LogP contribution in [0.2, 0.25) is 0 Å². The first-order valence-electron chi connectivity index (χ1n) is 5.38. The van der Waals surface area contributed by atoms with Crippen LogP contribution in [0, 0.1) is 0 Å². The number of aliphatic carboxylic acids is 1. The highest BCUT2D eigenvalue weighted by Gasteiger charge is 2.17. The number of nitrogens with zero attached hydrogens (tertiary/aromatic N) is 3. The molecule has 7 heteroatoms. The van der Waals surface area contributed by atoms with E-state index >= 15 is 0 Å². The van der Waals surface area contributed by atoms with Gasteiger partial charge in [-0.25, -0.2) is 14.8 Å². The minimum Gasteiger partial charge on any atom is -0.481 e. The highest BCUT2D eigenvalue weighted by Crippen LogP contribution is 2.14. The Labute approximate surface area is 104 Å². The zero-order valence-electron chi connectivity index (χ0n) is 10.3. The molecular formula is C11H15N3O4. The number of carboxylic acid groups (broad SMARTS) is 1. The highest BCUT2D eigenvalue weighted by molar-refractivity contribution is 5.92. The smallest absolute Gasteiger partial charge is 0.360 e. The zero-order chi connectivity index (χ0) is 13.5. The number of esters is 1. The van der Waals surface area contributed by atoms with Crippen LogP contribution in [0.25, 0.3) is 0 Å². The molecule has 0 aliphatic heterocycles. The number of carbonyl (C=O) groups is 2. The molecule has 7 nitrogen and oxygen atoms in total. The summed E-state index contributed by atoms with van der Waals surface area (Å²) in [6, 6.07) is 0. The van der Waals surface area contributed by atoms with Crippen molar-refractivity contribution in [3.05, 3.63) is 18.1 Å². The quantitative estimate of drug-likeness (QED) is 0.740. The molecule has 0 fully saturated rings. The summed E-state index contributed by atoms with van der Waals surface area (Å²) in [7, 11) is 2.99. The molecule has 0 aliphatic rings. The molecule has 0 aliphatic carbocycles. The zero-order valence-corrected chi connectivity index (χ0v) is 10.3. The number of methoxy groups -OCH3 is 1. The molecule has 1 aromatic rings. The Morgan fingerprint density at radius 1 is 1.39 bits per heavy atom. The number of carboxylic acids is 1. The lowest BCUT2D eigenvalue weighted by atomic mass is 10.3. The molecule has 1 N–H and O–H groups in total. The van der Waals surface area contributed by atoms with Crippen molar-refractivity contribution in [2.75, 3.05) is 25.6 Å². The van der Waals surface area contributed by atoms with Gasteiger partial charge >= 0.3 is 11.9 Å². The van der Waals surface area contributed by atoms with E-state index < -0.39 is 11.9 Å². The van der Waals surface area contributed by atoms with Gasteiger partial charge in [-0.2, -0.15) is 0 Å². The molecule has 98 valence electrons. The van der Waals surface area contributed by atoms with Crippen molar-refractivity contribution in [3.8, 4) is 0 Å². The summed E-state index contributed by atoms with van der Waals surface area (Å²) in [6.07, 6.45) is 3.40. The highest BCUT2D eigenvalue weighted by atomic mass is 16.5. The topological polar surface area (TPSA) is 92.6 Å². The average molecular weight is 253 g/mol. The van der Waals surface area contributed by atoms with E-state index in [9.17, 15) is 9.59 Å². The number of anilines is 1. The summed E-state index contributed by atoms with van der Waals surface area (Å²) in [6.45, 7) is 0.467. The van der Waals surface area contributed by atoms with Crippen molar-refractivity contribution in [2.45, 2.75) is 12.8 Å². The number of carbonyl (C=O) groups excluding carboxylic acids is 1. The molecule has 1 aromatic heterocycles. The van der Waals surface area contributed by atoms with E-state index in [1.165, 1.54) is 19.5 Å². The van der Waals surface area contributed by atoms with Crippen molar-refractivity contribution in [2.24, 2.45) is 0 Å². The Morgan fingerprint density at radius 2 is 2.06 bits per heavy atom.